The van der Waals surface area contributed by atoms with Crippen molar-refractivity contribution in [1.82, 2.24) is 20.9 Å². The van der Waals surface area contributed by atoms with E-state index in [4.69, 9.17) is 9.84 Å². The van der Waals surface area contributed by atoms with Crippen LogP contribution in [0.3, 0.4) is 0 Å². The van der Waals surface area contributed by atoms with Gasteiger partial charge in [0.2, 0.25) is 11.8 Å². The molecular formula is C36H65BrN4O6. The molecule has 11 heteroatoms. The molecule has 2 amide bonds. The maximum absolute atomic E-state index is 12.5. The van der Waals surface area contributed by atoms with E-state index in [1.807, 2.05) is 67.2 Å². The summed E-state index contributed by atoms with van der Waals surface area (Å²) >= 11 is 2.99. The molecule has 2 saturated carbocycles. The summed E-state index contributed by atoms with van der Waals surface area (Å²) in [5.41, 5.74) is -0.761. The smallest absolute Gasteiger partial charge is 0.317 e. The van der Waals surface area contributed by atoms with Gasteiger partial charge in [-0.05, 0) is 118 Å². The number of hydrogen-bond donors (Lipinski definition) is 4. The molecule has 4 fully saturated rings. The van der Waals surface area contributed by atoms with E-state index in [9.17, 15) is 19.2 Å². The monoisotopic (exact) mass is 728 g/mol. The van der Waals surface area contributed by atoms with Gasteiger partial charge in [0, 0.05) is 17.6 Å². The molecule has 4 aliphatic rings. The van der Waals surface area contributed by atoms with Crippen LogP contribution in [-0.4, -0.2) is 87.5 Å². The van der Waals surface area contributed by atoms with E-state index in [2.05, 4.69) is 31.9 Å². The van der Waals surface area contributed by atoms with Crippen LogP contribution in [0, 0.1) is 23.7 Å². The fourth-order valence-corrected chi connectivity index (χ4v) is 7.46. The highest BCUT2D eigenvalue weighted by molar-refractivity contribution is 9.09. The van der Waals surface area contributed by atoms with E-state index >= 15 is 0 Å². The minimum Gasteiger partial charge on any atom is -0.480 e. The van der Waals surface area contributed by atoms with E-state index < -0.39 is 5.97 Å². The number of ether oxygens (including phenoxy) is 1. The second kappa shape index (κ2) is 18.3. The van der Waals surface area contributed by atoms with E-state index in [1.165, 1.54) is 51.4 Å². The third-order valence-corrected chi connectivity index (χ3v) is 9.67. The Balaban J connectivity index is 0.000000265. The number of carbonyl (C=O) groups is 4. The Morgan fingerprint density at radius 1 is 0.766 bits per heavy atom. The normalized spacial score (nSPS) is 28.0. The lowest BCUT2D eigenvalue weighted by Gasteiger charge is -2.45. The van der Waals surface area contributed by atoms with Gasteiger partial charge in [0.05, 0.1) is 18.6 Å². The van der Waals surface area contributed by atoms with Crippen LogP contribution in [0.1, 0.15) is 127 Å². The quantitative estimate of drug-likeness (QED) is 0.210. The van der Waals surface area contributed by atoms with Crippen molar-refractivity contribution in [2.75, 3.05) is 25.0 Å². The molecule has 2 aliphatic heterocycles. The van der Waals surface area contributed by atoms with E-state index in [1.54, 1.807) is 0 Å². The van der Waals surface area contributed by atoms with Crippen LogP contribution in [0.5, 0.6) is 0 Å². The highest BCUT2D eigenvalue weighted by atomic mass is 79.9. The van der Waals surface area contributed by atoms with Crippen LogP contribution in [0.15, 0.2) is 0 Å². The number of alkyl halides is 1. The Bertz CT molecular complexity index is 1030. The van der Waals surface area contributed by atoms with E-state index in [0.29, 0.717) is 11.8 Å². The van der Waals surface area contributed by atoms with Crippen LogP contribution in [-0.2, 0) is 23.9 Å². The summed E-state index contributed by atoms with van der Waals surface area (Å²) in [5, 5.41) is 18.9. The SMILES string of the molecule is CC(C)(C)NC(=O)C1CC2CCCCC2CN1.CC(C)(C)NC(=O)C1CC2CCCCC2CN1CC(=O)O.CC(C)(C)OC(=O)CBr. The number of aliphatic carboxylic acids is 1. The van der Waals surface area contributed by atoms with Crippen molar-refractivity contribution >= 4 is 39.7 Å². The minimum atomic E-state index is -0.849. The largest absolute Gasteiger partial charge is 0.480 e. The molecule has 0 aromatic heterocycles. The molecule has 4 rings (SSSR count). The molecule has 272 valence electrons. The summed E-state index contributed by atoms with van der Waals surface area (Å²) in [6, 6.07) is -0.256. The lowest BCUT2D eigenvalue weighted by Crippen LogP contribution is -2.58. The predicted molar refractivity (Wildman–Crippen MR) is 190 cm³/mol. The summed E-state index contributed by atoms with van der Waals surface area (Å²) in [5.74, 6) is 1.84. The van der Waals surface area contributed by atoms with Gasteiger partial charge in [0.25, 0.3) is 0 Å². The average Bonchev–Trinajstić information content (AvgIpc) is 2.94. The van der Waals surface area contributed by atoms with Gasteiger partial charge in [0.15, 0.2) is 0 Å². The molecular weight excluding hydrogens is 664 g/mol. The first kappa shape index (κ1) is 41.5. The van der Waals surface area contributed by atoms with Gasteiger partial charge in [-0.2, -0.15) is 0 Å². The predicted octanol–water partition coefficient (Wildman–Crippen LogP) is 5.66. The zero-order valence-corrected chi connectivity index (χ0v) is 32.3. The van der Waals surface area contributed by atoms with Crippen molar-refractivity contribution in [3.63, 3.8) is 0 Å². The number of esters is 1. The van der Waals surface area contributed by atoms with Crippen molar-refractivity contribution in [1.29, 1.82) is 0 Å². The zero-order chi connectivity index (χ0) is 35.6. The van der Waals surface area contributed by atoms with Crippen LogP contribution >= 0.6 is 15.9 Å². The lowest BCUT2D eigenvalue weighted by atomic mass is 9.72. The maximum atomic E-state index is 12.5. The Hall–Kier alpha value is -1.72. The number of hydrogen-bond acceptors (Lipinski definition) is 7. The highest BCUT2D eigenvalue weighted by Gasteiger charge is 2.41. The molecule has 4 N–H and O–H groups in total. The van der Waals surface area contributed by atoms with Crippen molar-refractivity contribution in [2.45, 2.75) is 155 Å². The van der Waals surface area contributed by atoms with Crippen molar-refractivity contribution < 1.29 is 29.0 Å². The van der Waals surface area contributed by atoms with E-state index in [0.717, 1.165) is 37.8 Å². The Morgan fingerprint density at radius 2 is 1.26 bits per heavy atom. The number of carboxylic acids is 1. The molecule has 0 radical (unpaired) electrons. The lowest BCUT2D eigenvalue weighted by molar-refractivity contribution is -0.151. The number of piperidine rings is 2. The van der Waals surface area contributed by atoms with Crippen molar-refractivity contribution in [3.8, 4) is 0 Å². The van der Waals surface area contributed by atoms with Gasteiger partial charge in [-0.15, -0.1) is 0 Å². The minimum absolute atomic E-state index is 0.0206. The summed E-state index contributed by atoms with van der Waals surface area (Å²) in [6.07, 6.45) is 12.1. The molecule has 10 nitrogen and oxygen atoms in total. The van der Waals surface area contributed by atoms with Gasteiger partial charge in [-0.1, -0.05) is 54.5 Å². The second-order valence-corrected chi connectivity index (χ2v) is 17.6. The summed E-state index contributed by atoms with van der Waals surface area (Å²) in [6.45, 7) is 19.3. The van der Waals surface area contributed by atoms with Crippen LogP contribution in [0.4, 0.5) is 0 Å². The molecule has 2 aliphatic carbocycles. The number of nitrogens with one attached hydrogen (secondary N) is 3. The first-order valence-corrected chi connectivity index (χ1v) is 18.9. The summed E-state index contributed by atoms with van der Waals surface area (Å²) in [4.78, 5) is 48.2. The molecule has 0 aromatic carbocycles. The Morgan fingerprint density at radius 3 is 1.72 bits per heavy atom. The number of nitrogens with zero attached hydrogens (tertiary/aromatic N) is 1. The first-order chi connectivity index (χ1) is 21.7. The number of rotatable bonds is 5. The summed E-state index contributed by atoms with van der Waals surface area (Å²) in [7, 11) is 0. The molecule has 0 bridgehead atoms. The van der Waals surface area contributed by atoms with Gasteiger partial charge < -0.3 is 25.8 Å². The number of likely N-dealkylation sites (tertiary alicyclic amines) is 1. The number of carboxylic acid groups (broad SMARTS) is 1. The Kier molecular flexibility index (Phi) is 16.2. The molecule has 47 heavy (non-hydrogen) atoms. The molecule has 2 saturated heterocycles. The standard InChI is InChI=1S/C16H28N2O3.C14H26N2O.C6H11BrO2/c1-16(2,3)17-15(21)13-8-11-6-4-5-7-12(11)9-18(13)10-14(19)20;1-14(2,3)16-13(17)12-8-10-6-4-5-7-11(10)9-15-12;1-6(2,3)9-5(8)4-7/h11-13H,4-10H2,1-3H3,(H,17,21)(H,19,20);10-12,15H,4-9H2,1-3H3,(H,16,17);4H2,1-3H3. The topological polar surface area (TPSA) is 137 Å². The van der Waals surface area contributed by atoms with Gasteiger partial charge >= 0.3 is 11.9 Å². The maximum Gasteiger partial charge on any atom is 0.317 e. The highest BCUT2D eigenvalue weighted by Crippen LogP contribution is 2.39. The number of halogens is 1. The molecule has 2 heterocycles. The van der Waals surface area contributed by atoms with Gasteiger partial charge in [0.1, 0.15) is 10.9 Å². The fraction of sp³-hybridized carbons (Fsp3) is 0.889. The first-order valence-electron chi connectivity index (χ1n) is 17.8. The summed E-state index contributed by atoms with van der Waals surface area (Å²) < 4.78 is 4.90. The van der Waals surface area contributed by atoms with Crippen molar-refractivity contribution in [3.05, 3.63) is 0 Å². The molecule has 6 unspecified atom stereocenters. The fourth-order valence-electron chi connectivity index (χ4n) is 7.34. The zero-order valence-electron chi connectivity index (χ0n) is 30.7. The van der Waals surface area contributed by atoms with Crippen LogP contribution in [0.25, 0.3) is 0 Å². The van der Waals surface area contributed by atoms with Gasteiger partial charge in [-0.25, -0.2) is 0 Å². The Labute approximate surface area is 292 Å². The molecule has 0 aromatic rings. The average molecular weight is 730 g/mol. The second-order valence-electron chi connectivity index (χ2n) is 17.1. The molecule has 6 atom stereocenters. The van der Waals surface area contributed by atoms with Crippen LogP contribution in [0.2, 0.25) is 0 Å². The van der Waals surface area contributed by atoms with E-state index in [-0.39, 0.29) is 58.4 Å². The van der Waals surface area contributed by atoms with Crippen LogP contribution < -0.4 is 16.0 Å². The van der Waals surface area contributed by atoms with Crippen molar-refractivity contribution in [2.24, 2.45) is 23.7 Å². The number of fused-ring (bicyclic) bond motifs is 2. The third-order valence-electron chi connectivity index (χ3n) is 9.22. The number of carbonyl (C=O) groups excluding carboxylic acids is 3. The number of amides is 2. The molecule has 0 spiro atoms. The van der Waals surface area contributed by atoms with Gasteiger partial charge in [-0.3, -0.25) is 24.1 Å². The third kappa shape index (κ3) is 16.0.